The predicted octanol–water partition coefficient (Wildman–Crippen LogP) is 1.84. The van der Waals surface area contributed by atoms with Gasteiger partial charge < -0.3 is 20.1 Å². The third-order valence-corrected chi connectivity index (χ3v) is 4.57. The number of carbonyl (C=O) groups is 1. The van der Waals surface area contributed by atoms with E-state index in [4.69, 9.17) is 9.84 Å². The molecule has 0 saturated heterocycles. The Bertz CT molecular complexity index is 486. The summed E-state index contributed by atoms with van der Waals surface area (Å²) in [5, 5.41) is 29.1. The van der Waals surface area contributed by atoms with Crippen LogP contribution in [-0.2, 0) is 9.53 Å². The molecule has 4 atom stereocenters. The van der Waals surface area contributed by atoms with Crippen LogP contribution in [0, 0.1) is 23.7 Å². The van der Waals surface area contributed by atoms with Gasteiger partial charge in [0, 0.05) is 24.7 Å². The molecule has 1 saturated carbocycles. The molecular weight excluding hydrogens is 320 g/mol. The summed E-state index contributed by atoms with van der Waals surface area (Å²) in [7, 11) is 0. The van der Waals surface area contributed by atoms with Crippen molar-refractivity contribution >= 4 is 5.78 Å². The number of Topliss-reactive ketones (excluding diaryl/α,β-unsaturated/α-hetero) is 1. The molecular formula is C20H32O5. The topological polar surface area (TPSA) is 87.0 Å². The van der Waals surface area contributed by atoms with Crippen LogP contribution in [0.1, 0.15) is 52.4 Å². The second-order valence-corrected chi connectivity index (χ2v) is 6.99. The Balaban J connectivity index is 2.56. The molecule has 0 bridgehead atoms. The van der Waals surface area contributed by atoms with E-state index in [2.05, 4.69) is 18.8 Å². The fraction of sp³-hybridized carbons (Fsp3) is 0.750. The van der Waals surface area contributed by atoms with Crippen LogP contribution in [0.5, 0.6) is 0 Å². The van der Waals surface area contributed by atoms with Gasteiger partial charge in [0.2, 0.25) is 0 Å². The average Bonchev–Trinajstić information content (AvgIpc) is 2.82. The first-order valence-corrected chi connectivity index (χ1v) is 9.15. The second kappa shape index (κ2) is 11.4. The fourth-order valence-electron chi connectivity index (χ4n) is 3.05. The minimum Gasteiger partial charge on any atom is -0.394 e. The van der Waals surface area contributed by atoms with Gasteiger partial charge in [-0.25, -0.2) is 0 Å². The summed E-state index contributed by atoms with van der Waals surface area (Å²) in [6.07, 6.45) is 6.88. The van der Waals surface area contributed by atoms with E-state index in [1.807, 2.05) is 19.1 Å². The zero-order chi connectivity index (χ0) is 18.7. The highest BCUT2D eigenvalue weighted by molar-refractivity contribution is 5.85. The Kier molecular flexibility index (Phi) is 9.99. The van der Waals surface area contributed by atoms with E-state index < -0.39 is 11.7 Å². The van der Waals surface area contributed by atoms with Gasteiger partial charge in [-0.15, -0.1) is 5.92 Å². The number of carbonyl (C=O) groups excluding carboxylic acids is 1. The molecule has 0 amide bonds. The van der Waals surface area contributed by atoms with Gasteiger partial charge >= 0.3 is 0 Å². The number of hydrogen-bond donors (Lipinski definition) is 3. The Hall–Kier alpha value is -1.19. The second-order valence-electron chi connectivity index (χ2n) is 6.99. The molecule has 0 aromatic heterocycles. The Morgan fingerprint density at radius 2 is 2.16 bits per heavy atom. The van der Waals surface area contributed by atoms with Gasteiger partial charge in [-0.3, -0.25) is 4.79 Å². The fourth-order valence-corrected chi connectivity index (χ4v) is 3.05. The summed E-state index contributed by atoms with van der Waals surface area (Å²) >= 11 is 0. The number of aliphatic hydroxyl groups excluding tert-OH is 2. The molecule has 1 aliphatic carbocycles. The molecule has 0 aromatic carbocycles. The van der Waals surface area contributed by atoms with Crippen molar-refractivity contribution in [3.05, 3.63) is 12.2 Å². The van der Waals surface area contributed by atoms with Gasteiger partial charge in [-0.05, 0) is 19.8 Å². The van der Waals surface area contributed by atoms with Crippen LogP contribution in [0.25, 0.3) is 0 Å². The third-order valence-electron chi connectivity index (χ3n) is 4.57. The van der Waals surface area contributed by atoms with Crippen LogP contribution in [0.4, 0.5) is 0 Å². The van der Waals surface area contributed by atoms with E-state index in [9.17, 15) is 15.0 Å². The molecule has 5 nitrogen and oxygen atoms in total. The molecule has 1 fully saturated rings. The molecule has 0 aliphatic heterocycles. The highest BCUT2D eigenvalue weighted by Gasteiger charge is 2.39. The molecule has 5 heteroatoms. The highest BCUT2D eigenvalue weighted by atomic mass is 16.5. The maximum Gasteiger partial charge on any atom is 0.140 e. The molecule has 1 aliphatic rings. The van der Waals surface area contributed by atoms with Crippen LogP contribution in [0.15, 0.2) is 12.2 Å². The average molecular weight is 352 g/mol. The van der Waals surface area contributed by atoms with Crippen molar-refractivity contribution in [1.29, 1.82) is 0 Å². The monoisotopic (exact) mass is 352 g/mol. The summed E-state index contributed by atoms with van der Waals surface area (Å²) in [6.45, 7) is 4.35. The van der Waals surface area contributed by atoms with Crippen LogP contribution >= 0.6 is 0 Å². The van der Waals surface area contributed by atoms with Crippen LogP contribution in [0.2, 0.25) is 0 Å². The van der Waals surface area contributed by atoms with Crippen molar-refractivity contribution in [2.45, 2.75) is 64.1 Å². The molecule has 4 unspecified atom stereocenters. The summed E-state index contributed by atoms with van der Waals surface area (Å²) in [5.74, 6) is 5.23. The van der Waals surface area contributed by atoms with E-state index in [1.165, 1.54) is 0 Å². The van der Waals surface area contributed by atoms with E-state index in [0.29, 0.717) is 12.8 Å². The van der Waals surface area contributed by atoms with Gasteiger partial charge in [0.05, 0.1) is 24.9 Å². The van der Waals surface area contributed by atoms with Crippen molar-refractivity contribution in [2.75, 3.05) is 19.8 Å². The normalized spacial score (nSPS) is 25.8. The Morgan fingerprint density at radius 1 is 1.40 bits per heavy atom. The summed E-state index contributed by atoms with van der Waals surface area (Å²) in [5.41, 5.74) is -0.751. The number of rotatable bonds is 10. The van der Waals surface area contributed by atoms with Gasteiger partial charge in [-0.1, -0.05) is 37.8 Å². The van der Waals surface area contributed by atoms with Crippen molar-refractivity contribution < 1.29 is 24.9 Å². The maximum atomic E-state index is 12.1. The van der Waals surface area contributed by atoms with Crippen molar-refractivity contribution in [1.82, 2.24) is 0 Å². The summed E-state index contributed by atoms with van der Waals surface area (Å²) in [6, 6.07) is 0. The molecule has 0 heterocycles. The molecule has 0 spiro atoms. The first-order chi connectivity index (χ1) is 11.9. The summed E-state index contributed by atoms with van der Waals surface area (Å²) in [4.78, 5) is 12.1. The van der Waals surface area contributed by atoms with Gasteiger partial charge in [0.1, 0.15) is 12.4 Å². The summed E-state index contributed by atoms with van der Waals surface area (Å²) < 4.78 is 5.06. The standard InChI is InChI=1S/C20H32O5/c1-3-4-10-20(2,24)11-7-9-17-16(18(22)15-19(17)23)8-5-6-13-25-14-12-21/h7,9,16-17,19,21,23-24H,3-4,8,10-15H2,1-2H3/b9-7+. The Labute approximate surface area is 151 Å². The lowest BCUT2D eigenvalue weighted by Gasteiger charge is -2.22. The minimum absolute atomic E-state index is 0.0328. The number of hydrogen-bond acceptors (Lipinski definition) is 5. The number of aliphatic hydroxyl groups is 3. The first-order valence-electron chi connectivity index (χ1n) is 9.15. The van der Waals surface area contributed by atoms with E-state index in [0.717, 1.165) is 19.3 Å². The zero-order valence-electron chi connectivity index (χ0n) is 15.4. The van der Waals surface area contributed by atoms with Gasteiger partial charge in [-0.2, -0.15) is 0 Å². The SMILES string of the molecule is CCCCC(C)(O)C/C=C/C1C(O)CC(=O)C1CC#CCOCCO. The third kappa shape index (κ3) is 8.15. The van der Waals surface area contributed by atoms with Crippen LogP contribution in [0.3, 0.4) is 0 Å². The maximum absolute atomic E-state index is 12.1. The molecule has 0 aromatic rings. The van der Waals surface area contributed by atoms with E-state index in [-0.39, 0.29) is 43.9 Å². The lowest BCUT2D eigenvalue weighted by Crippen LogP contribution is -2.23. The number of ether oxygens (including phenoxy) is 1. The molecule has 25 heavy (non-hydrogen) atoms. The van der Waals surface area contributed by atoms with E-state index >= 15 is 0 Å². The predicted molar refractivity (Wildman–Crippen MR) is 96.8 cm³/mol. The zero-order valence-corrected chi connectivity index (χ0v) is 15.4. The highest BCUT2D eigenvalue weighted by Crippen LogP contribution is 2.33. The number of ketones is 1. The van der Waals surface area contributed by atoms with Crippen molar-refractivity contribution in [3.8, 4) is 11.8 Å². The lowest BCUT2D eigenvalue weighted by atomic mass is 9.89. The molecule has 142 valence electrons. The molecule has 3 N–H and O–H groups in total. The molecule has 1 rings (SSSR count). The van der Waals surface area contributed by atoms with Gasteiger partial charge in [0.25, 0.3) is 0 Å². The first kappa shape index (κ1) is 21.9. The quantitative estimate of drug-likeness (QED) is 0.317. The molecule has 0 radical (unpaired) electrons. The van der Waals surface area contributed by atoms with Crippen molar-refractivity contribution in [3.63, 3.8) is 0 Å². The minimum atomic E-state index is -0.751. The van der Waals surface area contributed by atoms with Crippen LogP contribution < -0.4 is 0 Å². The number of unbranched alkanes of at least 4 members (excludes halogenated alkanes) is 1. The van der Waals surface area contributed by atoms with Crippen LogP contribution in [-0.4, -0.2) is 52.6 Å². The van der Waals surface area contributed by atoms with Crippen molar-refractivity contribution in [2.24, 2.45) is 11.8 Å². The lowest BCUT2D eigenvalue weighted by molar-refractivity contribution is -0.121. The van der Waals surface area contributed by atoms with E-state index in [1.54, 1.807) is 0 Å². The smallest absolute Gasteiger partial charge is 0.140 e. The largest absolute Gasteiger partial charge is 0.394 e. The van der Waals surface area contributed by atoms with Gasteiger partial charge in [0.15, 0.2) is 0 Å². The Morgan fingerprint density at radius 3 is 2.84 bits per heavy atom.